The standard InChI is InChI=1S/C14H14N4OS2/c1-19-7-6-12-16-14-9(13(15)20)4-5-10(18(14)17-12)11-3-2-8-21-11/h2-5,8H,6-7H2,1H3,(H2,15,20). The van der Waals surface area contributed by atoms with Crippen LogP contribution in [-0.2, 0) is 11.2 Å². The highest BCUT2D eigenvalue weighted by Crippen LogP contribution is 2.26. The molecule has 21 heavy (non-hydrogen) atoms. The quantitative estimate of drug-likeness (QED) is 0.731. The monoisotopic (exact) mass is 318 g/mol. The highest BCUT2D eigenvalue weighted by molar-refractivity contribution is 7.80. The van der Waals surface area contributed by atoms with Crippen LogP contribution in [0.4, 0.5) is 0 Å². The maximum absolute atomic E-state index is 5.79. The van der Waals surface area contributed by atoms with Crippen molar-refractivity contribution in [2.24, 2.45) is 5.73 Å². The van der Waals surface area contributed by atoms with Gasteiger partial charge in [-0.3, -0.25) is 0 Å². The Bertz CT molecular complexity index is 780. The summed E-state index contributed by atoms with van der Waals surface area (Å²) in [6.07, 6.45) is 0.652. The van der Waals surface area contributed by atoms with Gasteiger partial charge in [-0.15, -0.1) is 11.3 Å². The molecule has 0 aliphatic carbocycles. The summed E-state index contributed by atoms with van der Waals surface area (Å²) < 4.78 is 6.90. The van der Waals surface area contributed by atoms with Crippen LogP contribution in [0.25, 0.3) is 16.2 Å². The summed E-state index contributed by atoms with van der Waals surface area (Å²) in [7, 11) is 1.66. The van der Waals surface area contributed by atoms with Crippen LogP contribution in [0.2, 0.25) is 0 Å². The van der Waals surface area contributed by atoms with Crippen molar-refractivity contribution in [2.75, 3.05) is 13.7 Å². The summed E-state index contributed by atoms with van der Waals surface area (Å²) in [4.78, 5) is 6.00. The molecule has 3 aromatic heterocycles. The largest absolute Gasteiger partial charge is 0.389 e. The van der Waals surface area contributed by atoms with Crippen LogP contribution in [0.1, 0.15) is 11.4 Å². The van der Waals surface area contributed by atoms with Crippen molar-refractivity contribution >= 4 is 34.2 Å². The van der Waals surface area contributed by atoms with Gasteiger partial charge < -0.3 is 10.5 Å². The number of thiophene rings is 1. The summed E-state index contributed by atoms with van der Waals surface area (Å²) in [5.41, 5.74) is 8.20. The lowest BCUT2D eigenvalue weighted by molar-refractivity contribution is 0.200. The molecule has 2 N–H and O–H groups in total. The fourth-order valence-corrected chi connectivity index (χ4v) is 3.00. The lowest BCUT2D eigenvalue weighted by Crippen LogP contribution is -2.12. The fourth-order valence-electron chi connectivity index (χ4n) is 2.11. The minimum Gasteiger partial charge on any atom is -0.389 e. The molecule has 0 unspecified atom stereocenters. The summed E-state index contributed by atoms with van der Waals surface area (Å²) in [6, 6.07) is 7.94. The molecular formula is C14H14N4OS2. The molecular weight excluding hydrogens is 304 g/mol. The number of pyridine rings is 1. The molecule has 0 saturated heterocycles. The first kappa shape index (κ1) is 14.1. The zero-order chi connectivity index (χ0) is 14.8. The van der Waals surface area contributed by atoms with Gasteiger partial charge in [0.15, 0.2) is 11.5 Å². The molecule has 0 amide bonds. The lowest BCUT2D eigenvalue weighted by atomic mass is 10.2. The van der Waals surface area contributed by atoms with Gasteiger partial charge in [-0.2, -0.15) is 5.10 Å². The second-order valence-corrected chi connectivity index (χ2v) is 5.87. The molecule has 108 valence electrons. The van der Waals surface area contributed by atoms with Crippen molar-refractivity contribution in [1.29, 1.82) is 0 Å². The molecule has 7 heteroatoms. The highest BCUT2D eigenvalue weighted by atomic mass is 32.1. The number of hydrogen-bond donors (Lipinski definition) is 1. The Kier molecular flexibility index (Phi) is 3.96. The van der Waals surface area contributed by atoms with E-state index in [4.69, 9.17) is 22.7 Å². The number of aromatic nitrogens is 3. The van der Waals surface area contributed by atoms with Gasteiger partial charge in [0, 0.05) is 13.5 Å². The lowest BCUT2D eigenvalue weighted by Gasteiger charge is -2.05. The van der Waals surface area contributed by atoms with Crippen LogP contribution in [0, 0.1) is 0 Å². The van der Waals surface area contributed by atoms with E-state index in [0.29, 0.717) is 23.7 Å². The van der Waals surface area contributed by atoms with Crippen LogP contribution in [0.3, 0.4) is 0 Å². The van der Waals surface area contributed by atoms with Crippen LogP contribution < -0.4 is 5.73 Å². The topological polar surface area (TPSA) is 65.4 Å². The number of ether oxygens (including phenoxy) is 1. The molecule has 3 rings (SSSR count). The van der Waals surface area contributed by atoms with E-state index in [1.165, 1.54) is 0 Å². The van der Waals surface area contributed by atoms with Gasteiger partial charge in [0.25, 0.3) is 0 Å². The number of hydrogen-bond acceptors (Lipinski definition) is 5. The van der Waals surface area contributed by atoms with Crippen molar-refractivity contribution in [2.45, 2.75) is 6.42 Å². The molecule has 3 aromatic rings. The van der Waals surface area contributed by atoms with Gasteiger partial charge in [-0.1, -0.05) is 18.3 Å². The third-order valence-electron chi connectivity index (χ3n) is 3.10. The van der Waals surface area contributed by atoms with Crippen molar-refractivity contribution in [3.8, 4) is 10.6 Å². The Hall–Kier alpha value is -1.83. The predicted octanol–water partition coefficient (Wildman–Crippen LogP) is 2.28. The van der Waals surface area contributed by atoms with Crippen molar-refractivity contribution in [3.63, 3.8) is 0 Å². The fraction of sp³-hybridized carbons (Fsp3) is 0.214. The van der Waals surface area contributed by atoms with E-state index in [-0.39, 0.29) is 0 Å². The molecule has 0 saturated carbocycles. The van der Waals surface area contributed by atoms with E-state index >= 15 is 0 Å². The van der Waals surface area contributed by atoms with Crippen molar-refractivity contribution < 1.29 is 4.74 Å². The van der Waals surface area contributed by atoms with E-state index in [0.717, 1.165) is 22.0 Å². The Balaban J connectivity index is 2.19. The van der Waals surface area contributed by atoms with Gasteiger partial charge in [-0.25, -0.2) is 9.50 Å². The zero-order valence-corrected chi connectivity index (χ0v) is 13.1. The van der Waals surface area contributed by atoms with E-state index in [2.05, 4.69) is 16.1 Å². The molecule has 0 bridgehead atoms. The van der Waals surface area contributed by atoms with Crippen molar-refractivity contribution in [1.82, 2.24) is 14.6 Å². The molecule has 0 aliphatic rings. The molecule has 0 aliphatic heterocycles. The Morgan fingerprint density at radius 2 is 2.29 bits per heavy atom. The second-order valence-electron chi connectivity index (χ2n) is 4.48. The number of nitrogens with two attached hydrogens (primary N) is 1. The normalized spacial score (nSPS) is 11.1. The van der Waals surface area contributed by atoms with Crippen molar-refractivity contribution in [3.05, 3.63) is 41.0 Å². The Morgan fingerprint density at radius 3 is 2.95 bits per heavy atom. The SMILES string of the molecule is COCCc1nc2c(C(N)=S)ccc(-c3cccs3)n2n1. The molecule has 0 radical (unpaired) electrons. The van der Waals surface area contributed by atoms with Gasteiger partial charge in [-0.05, 0) is 23.6 Å². The Morgan fingerprint density at radius 1 is 1.43 bits per heavy atom. The smallest absolute Gasteiger partial charge is 0.166 e. The van der Waals surface area contributed by atoms with E-state index in [9.17, 15) is 0 Å². The van der Waals surface area contributed by atoms with Gasteiger partial charge >= 0.3 is 0 Å². The number of nitrogens with zero attached hydrogens (tertiary/aromatic N) is 3. The number of methoxy groups -OCH3 is 1. The minimum absolute atomic E-state index is 0.323. The average molecular weight is 318 g/mol. The van der Waals surface area contributed by atoms with Gasteiger partial charge in [0.05, 0.1) is 22.7 Å². The summed E-state index contributed by atoms with van der Waals surface area (Å²) in [5, 5.41) is 6.60. The first-order valence-corrected chi connectivity index (χ1v) is 7.71. The average Bonchev–Trinajstić information content (AvgIpc) is 3.12. The number of thiocarbonyl (C=S) groups is 1. The maximum Gasteiger partial charge on any atom is 0.166 e. The van der Waals surface area contributed by atoms with Crippen LogP contribution in [0.5, 0.6) is 0 Å². The Labute approximate surface area is 131 Å². The third kappa shape index (κ3) is 2.67. The molecule has 0 spiro atoms. The van der Waals surface area contributed by atoms with Gasteiger partial charge in [0.1, 0.15) is 4.99 Å². The summed E-state index contributed by atoms with van der Waals surface area (Å²) >= 11 is 6.76. The highest BCUT2D eigenvalue weighted by Gasteiger charge is 2.14. The second kappa shape index (κ2) is 5.88. The predicted molar refractivity (Wildman–Crippen MR) is 87.8 cm³/mol. The summed E-state index contributed by atoms with van der Waals surface area (Å²) in [6.45, 7) is 0.577. The molecule has 3 heterocycles. The zero-order valence-electron chi connectivity index (χ0n) is 11.4. The minimum atomic E-state index is 0.323. The van der Waals surface area contributed by atoms with E-state index < -0.39 is 0 Å². The maximum atomic E-state index is 5.79. The van der Waals surface area contributed by atoms with E-state index in [1.54, 1.807) is 18.4 Å². The van der Waals surface area contributed by atoms with Gasteiger partial charge in [0.2, 0.25) is 0 Å². The molecule has 0 aromatic carbocycles. The third-order valence-corrected chi connectivity index (χ3v) is 4.21. The molecule has 0 atom stereocenters. The summed E-state index contributed by atoms with van der Waals surface area (Å²) in [5.74, 6) is 0.721. The molecule has 5 nitrogen and oxygen atoms in total. The number of fused-ring (bicyclic) bond motifs is 1. The molecule has 0 fully saturated rings. The first-order valence-electron chi connectivity index (χ1n) is 6.42. The van der Waals surface area contributed by atoms with Crippen LogP contribution in [0.15, 0.2) is 29.6 Å². The number of rotatable bonds is 5. The van der Waals surface area contributed by atoms with Crippen LogP contribution >= 0.6 is 23.6 Å². The first-order chi connectivity index (χ1) is 10.2. The van der Waals surface area contributed by atoms with E-state index in [1.807, 2.05) is 28.1 Å². The van der Waals surface area contributed by atoms with Crippen LogP contribution in [-0.4, -0.2) is 33.3 Å².